The summed E-state index contributed by atoms with van der Waals surface area (Å²) in [7, 11) is 0. The lowest BCUT2D eigenvalue weighted by Gasteiger charge is -2.16. The smallest absolute Gasteiger partial charge is 0.307 e. The lowest BCUT2D eigenvalue weighted by molar-refractivity contribution is -0.153. The van der Waals surface area contributed by atoms with Crippen molar-refractivity contribution in [3.05, 3.63) is 36.5 Å². The minimum atomic E-state index is -0.896. The average Bonchev–Trinajstić information content (AvgIpc) is 2.82. The number of aliphatic carboxylic acids is 1. The number of carbonyl (C=O) groups is 2. The fraction of sp³-hybridized carbons (Fsp3) is 0.742. The van der Waals surface area contributed by atoms with Crippen LogP contribution >= 0.6 is 0 Å². The van der Waals surface area contributed by atoms with Crippen molar-refractivity contribution in [2.45, 2.75) is 148 Å². The standard InChI is InChI=1S/C31H54O4/c1-3-5-7-9-11-12-13-14-15-16-17-18-19-20-21-23-25-27-31(34)35-29(28-30(32)33)26-24-22-10-8-6-4-2/h11-12,14-15,17-18,29H,3-10,13,16,19-28H2,1-2H3,(H,32,33)/b12-11-,15-14-,18-17-. The van der Waals surface area contributed by atoms with E-state index < -0.39 is 12.1 Å². The Bertz CT molecular complexity index is 577. The van der Waals surface area contributed by atoms with Crippen molar-refractivity contribution in [2.24, 2.45) is 0 Å². The van der Waals surface area contributed by atoms with Gasteiger partial charge in [0, 0.05) is 6.42 Å². The second-order valence-corrected chi connectivity index (χ2v) is 9.60. The van der Waals surface area contributed by atoms with Crippen LogP contribution in [0.25, 0.3) is 0 Å². The normalized spacial score (nSPS) is 12.7. The van der Waals surface area contributed by atoms with Crippen LogP contribution in [0.3, 0.4) is 0 Å². The number of carboxylic acids is 1. The molecule has 0 aliphatic rings. The SMILES string of the molecule is CCCCC/C=C\C/C=C\C/C=C\CCCCCCC(=O)OC(CCCCCCCC)CC(=O)O. The van der Waals surface area contributed by atoms with Gasteiger partial charge in [-0.1, -0.05) is 108 Å². The Morgan fingerprint density at radius 2 is 1.14 bits per heavy atom. The van der Waals surface area contributed by atoms with Crippen LogP contribution in [-0.2, 0) is 14.3 Å². The molecule has 0 rings (SSSR count). The van der Waals surface area contributed by atoms with Crippen molar-refractivity contribution >= 4 is 11.9 Å². The summed E-state index contributed by atoms with van der Waals surface area (Å²) in [4.78, 5) is 23.2. The second-order valence-electron chi connectivity index (χ2n) is 9.60. The molecule has 4 heteroatoms. The molecule has 0 saturated carbocycles. The van der Waals surface area contributed by atoms with E-state index in [1.54, 1.807) is 0 Å². The molecule has 0 aliphatic heterocycles. The summed E-state index contributed by atoms with van der Waals surface area (Å²) in [6.07, 6.45) is 33.1. The Hall–Kier alpha value is -1.84. The minimum absolute atomic E-state index is 0.0853. The number of carboxylic acid groups (broad SMARTS) is 1. The van der Waals surface area contributed by atoms with Crippen LogP contribution in [0.4, 0.5) is 0 Å². The molecule has 0 saturated heterocycles. The number of hydrogen-bond donors (Lipinski definition) is 1. The number of carbonyl (C=O) groups excluding carboxylic acids is 1. The molecule has 0 spiro atoms. The van der Waals surface area contributed by atoms with Gasteiger partial charge in [-0.25, -0.2) is 0 Å². The van der Waals surface area contributed by atoms with Crippen LogP contribution < -0.4 is 0 Å². The Balaban J connectivity index is 3.74. The largest absolute Gasteiger partial charge is 0.481 e. The van der Waals surface area contributed by atoms with Crippen molar-refractivity contribution in [1.29, 1.82) is 0 Å². The topological polar surface area (TPSA) is 63.6 Å². The fourth-order valence-electron chi connectivity index (χ4n) is 3.97. The number of ether oxygens (including phenoxy) is 1. The summed E-state index contributed by atoms with van der Waals surface area (Å²) in [6, 6.07) is 0. The van der Waals surface area contributed by atoms with Crippen molar-refractivity contribution in [1.82, 2.24) is 0 Å². The predicted molar refractivity (Wildman–Crippen MR) is 149 cm³/mol. The maximum absolute atomic E-state index is 12.1. The van der Waals surface area contributed by atoms with Crippen LogP contribution in [0.15, 0.2) is 36.5 Å². The molecule has 4 nitrogen and oxygen atoms in total. The first kappa shape index (κ1) is 33.2. The first-order chi connectivity index (χ1) is 17.1. The highest BCUT2D eigenvalue weighted by molar-refractivity contribution is 5.71. The van der Waals surface area contributed by atoms with Crippen LogP contribution in [-0.4, -0.2) is 23.1 Å². The number of hydrogen-bond acceptors (Lipinski definition) is 3. The van der Waals surface area contributed by atoms with Crippen molar-refractivity contribution in [2.75, 3.05) is 0 Å². The van der Waals surface area contributed by atoms with Gasteiger partial charge in [-0.2, -0.15) is 0 Å². The zero-order valence-corrected chi connectivity index (χ0v) is 22.9. The number of allylic oxidation sites excluding steroid dienone is 6. The van der Waals surface area contributed by atoms with E-state index >= 15 is 0 Å². The van der Waals surface area contributed by atoms with E-state index in [0.29, 0.717) is 12.8 Å². The lowest BCUT2D eigenvalue weighted by atomic mass is 10.1. The molecule has 0 fully saturated rings. The van der Waals surface area contributed by atoms with E-state index in [1.807, 2.05) is 0 Å². The van der Waals surface area contributed by atoms with Crippen LogP contribution in [0.1, 0.15) is 142 Å². The van der Waals surface area contributed by atoms with Crippen LogP contribution in [0, 0.1) is 0 Å². The van der Waals surface area contributed by atoms with Crippen molar-refractivity contribution in [3.63, 3.8) is 0 Å². The summed E-state index contributed by atoms with van der Waals surface area (Å²) in [6.45, 7) is 4.42. The maximum Gasteiger partial charge on any atom is 0.307 e. The van der Waals surface area contributed by atoms with Crippen molar-refractivity contribution < 1.29 is 19.4 Å². The number of unbranched alkanes of at least 4 members (excludes halogenated alkanes) is 12. The highest BCUT2D eigenvalue weighted by Crippen LogP contribution is 2.15. The van der Waals surface area contributed by atoms with Gasteiger partial charge < -0.3 is 9.84 Å². The Labute approximate surface area is 216 Å². The van der Waals surface area contributed by atoms with Gasteiger partial charge in [0.25, 0.3) is 0 Å². The van der Waals surface area contributed by atoms with Crippen LogP contribution in [0.2, 0.25) is 0 Å². The third kappa shape index (κ3) is 26.6. The van der Waals surface area contributed by atoms with Gasteiger partial charge >= 0.3 is 11.9 Å². The predicted octanol–water partition coefficient (Wildman–Crippen LogP) is 9.49. The molecule has 1 unspecified atom stereocenters. The van der Waals surface area contributed by atoms with Gasteiger partial charge in [-0.05, 0) is 57.8 Å². The molecule has 0 aliphatic carbocycles. The number of esters is 1. The van der Waals surface area contributed by atoms with E-state index in [0.717, 1.165) is 57.8 Å². The first-order valence-electron chi connectivity index (χ1n) is 14.5. The summed E-state index contributed by atoms with van der Waals surface area (Å²) in [5.74, 6) is -1.14. The molecule has 35 heavy (non-hydrogen) atoms. The van der Waals surface area contributed by atoms with Gasteiger partial charge in [-0.3, -0.25) is 9.59 Å². The summed E-state index contributed by atoms with van der Waals surface area (Å²) >= 11 is 0. The Kier molecular flexibility index (Phi) is 25.4. The van der Waals surface area contributed by atoms with E-state index in [-0.39, 0.29) is 12.4 Å². The third-order valence-corrected chi connectivity index (χ3v) is 6.10. The lowest BCUT2D eigenvalue weighted by Crippen LogP contribution is -2.21. The van der Waals surface area contributed by atoms with E-state index in [9.17, 15) is 9.59 Å². The molecule has 1 atom stereocenters. The van der Waals surface area contributed by atoms with Gasteiger partial charge in [0.1, 0.15) is 6.10 Å². The van der Waals surface area contributed by atoms with Gasteiger partial charge in [0.05, 0.1) is 6.42 Å². The molecule has 0 aromatic heterocycles. The van der Waals surface area contributed by atoms with Gasteiger partial charge in [0.2, 0.25) is 0 Å². The molecule has 0 aromatic rings. The molecular formula is C31H54O4. The summed E-state index contributed by atoms with van der Waals surface area (Å²) in [5, 5.41) is 9.10. The Morgan fingerprint density at radius 1 is 0.657 bits per heavy atom. The average molecular weight is 491 g/mol. The summed E-state index contributed by atoms with van der Waals surface area (Å²) < 4.78 is 5.48. The number of rotatable bonds is 25. The minimum Gasteiger partial charge on any atom is -0.481 e. The van der Waals surface area contributed by atoms with Crippen molar-refractivity contribution in [3.8, 4) is 0 Å². The molecule has 0 bridgehead atoms. The quantitative estimate of drug-likeness (QED) is 0.0786. The van der Waals surface area contributed by atoms with E-state index in [2.05, 4.69) is 50.3 Å². The zero-order valence-electron chi connectivity index (χ0n) is 22.9. The first-order valence-corrected chi connectivity index (χ1v) is 14.5. The van der Waals surface area contributed by atoms with Gasteiger partial charge in [0.15, 0.2) is 0 Å². The van der Waals surface area contributed by atoms with Gasteiger partial charge in [-0.15, -0.1) is 0 Å². The molecule has 0 radical (unpaired) electrons. The molecule has 0 aromatic carbocycles. The third-order valence-electron chi connectivity index (χ3n) is 6.10. The maximum atomic E-state index is 12.1. The van der Waals surface area contributed by atoms with E-state index in [4.69, 9.17) is 9.84 Å². The fourth-order valence-corrected chi connectivity index (χ4v) is 3.97. The van der Waals surface area contributed by atoms with E-state index in [1.165, 1.54) is 51.4 Å². The molecule has 202 valence electrons. The molecular weight excluding hydrogens is 436 g/mol. The highest BCUT2D eigenvalue weighted by atomic mass is 16.5. The highest BCUT2D eigenvalue weighted by Gasteiger charge is 2.17. The Morgan fingerprint density at radius 3 is 1.77 bits per heavy atom. The monoisotopic (exact) mass is 490 g/mol. The zero-order chi connectivity index (χ0) is 25.8. The second kappa shape index (κ2) is 26.8. The molecule has 1 N–H and O–H groups in total. The molecule has 0 heterocycles. The molecule has 0 amide bonds. The summed E-state index contributed by atoms with van der Waals surface area (Å²) in [5.41, 5.74) is 0. The van der Waals surface area contributed by atoms with Crippen LogP contribution in [0.5, 0.6) is 0 Å².